The van der Waals surface area contributed by atoms with Crippen LogP contribution in [0.1, 0.15) is 26.3 Å². The Morgan fingerprint density at radius 1 is 1.17 bits per heavy atom. The number of amides is 2. The van der Waals surface area contributed by atoms with E-state index < -0.39 is 35.6 Å². The molecule has 0 aliphatic carbocycles. The number of hydrogen-bond donors (Lipinski definition) is 2. The largest absolute Gasteiger partial charge is 0.548 e. The Morgan fingerprint density at radius 2 is 1.74 bits per heavy atom. The molecule has 0 aromatic heterocycles. The Balaban J connectivity index is 3.05. The third-order valence-corrected chi connectivity index (χ3v) is 2.94. The summed E-state index contributed by atoms with van der Waals surface area (Å²) in [6, 6.07) is 4.04. The normalized spacial score (nSPS) is 12.7. The first-order chi connectivity index (χ1) is 10.7. The van der Waals surface area contributed by atoms with Gasteiger partial charge < -0.3 is 20.5 Å². The second kappa shape index (κ2) is 8.07. The highest BCUT2D eigenvalue weighted by Gasteiger charge is 2.20. The highest BCUT2D eigenvalue weighted by Crippen LogP contribution is 2.09. The molecule has 7 heteroatoms. The van der Waals surface area contributed by atoms with Gasteiger partial charge in [-0.25, -0.2) is 4.39 Å². The first kappa shape index (κ1) is 18.3. The van der Waals surface area contributed by atoms with Gasteiger partial charge in [-0.05, 0) is 29.7 Å². The molecule has 1 atom stereocenters. The van der Waals surface area contributed by atoms with Gasteiger partial charge in [0.15, 0.2) is 0 Å². The van der Waals surface area contributed by atoms with Crippen LogP contribution in [0.2, 0.25) is 0 Å². The SMILES string of the molecule is CC(=O)N/C(=C\c1ccc(F)cc1)C(=O)N[C@@H](C(=O)[O-])C(C)C. The van der Waals surface area contributed by atoms with Gasteiger partial charge in [0.1, 0.15) is 11.5 Å². The predicted molar refractivity (Wildman–Crippen MR) is 80.0 cm³/mol. The quantitative estimate of drug-likeness (QED) is 0.731. The smallest absolute Gasteiger partial charge is 0.268 e. The van der Waals surface area contributed by atoms with E-state index in [0.717, 1.165) is 0 Å². The van der Waals surface area contributed by atoms with E-state index in [2.05, 4.69) is 10.6 Å². The number of carbonyl (C=O) groups excluding carboxylic acids is 3. The van der Waals surface area contributed by atoms with Crippen molar-refractivity contribution < 1.29 is 23.9 Å². The van der Waals surface area contributed by atoms with Gasteiger partial charge in [-0.3, -0.25) is 9.59 Å². The van der Waals surface area contributed by atoms with Crippen molar-refractivity contribution in [3.05, 3.63) is 41.3 Å². The average molecular weight is 321 g/mol. The number of aliphatic carboxylic acids is 1. The van der Waals surface area contributed by atoms with Gasteiger partial charge >= 0.3 is 0 Å². The summed E-state index contributed by atoms with van der Waals surface area (Å²) in [7, 11) is 0. The molecule has 0 aliphatic rings. The van der Waals surface area contributed by atoms with Crippen molar-refractivity contribution in [3.8, 4) is 0 Å². The zero-order chi connectivity index (χ0) is 17.6. The molecule has 0 spiro atoms. The van der Waals surface area contributed by atoms with Crippen molar-refractivity contribution in [2.45, 2.75) is 26.8 Å². The summed E-state index contributed by atoms with van der Waals surface area (Å²) >= 11 is 0. The van der Waals surface area contributed by atoms with E-state index in [1.807, 2.05) is 0 Å². The maximum atomic E-state index is 12.9. The first-order valence-corrected chi connectivity index (χ1v) is 6.97. The molecule has 0 aliphatic heterocycles. The molecular weight excluding hydrogens is 303 g/mol. The van der Waals surface area contributed by atoms with Crippen LogP contribution >= 0.6 is 0 Å². The maximum absolute atomic E-state index is 12.9. The van der Waals surface area contributed by atoms with Gasteiger partial charge in [0.2, 0.25) is 5.91 Å². The van der Waals surface area contributed by atoms with Crippen LogP contribution < -0.4 is 15.7 Å². The van der Waals surface area contributed by atoms with Crippen LogP contribution in [0.5, 0.6) is 0 Å². The van der Waals surface area contributed by atoms with E-state index in [0.29, 0.717) is 5.56 Å². The van der Waals surface area contributed by atoms with Crippen LogP contribution in [0.3, 0.4) is 0 Å². The zero-order valence-corrected chi connectivity index (χ0v) is 13.1. The zero-order valence-electron chi connectivity index (χ0n) is 13.1. The lowest BCUT2D eigenvalue weighted by Gasteiger charge is -2.23. The topological polar surface area (TPSA) is 98.3 Å². The Hall–Kier alpha value is -2.70. The molecule has 0 radical (unpaired) electrons. The minimum absolute atomic E-state index is 0.143. The summed E-state index contributed by atoms with van der Waals surface area (Å²) in [6.07, 6.45) is 1.32. The summed E-state index contributed by atoms with van der Waals surface area (Å²) in [5.41, 5.74) is 0.329. The van der Waals surface area contributed by atoms with E-state index in [-0.39, 0.29) is 5.70 Å². The van der Waals surface area contributed by atoms with Crippen molar-refractivity contribution in [1.82, 2.24) is 10.6 Å². The standard InChI is InChI=1S/C16H19FN2O4/c1-9(2)14(16(22)23)19-15(21)13(18-10(3)20)8-11-4-6-12(17)7-5-11/h4-9,14H,1-3H3,(H,18,20)(H,19,21)(H,22,23)/p-1/b13-8-/t14-/m1/s1. The lowest BCUT2D eigenvalue weighted by molar-refractivity contribution is -0.309. The van der Waals surface area contributed by atoms with Crippen LogP contribution in [0.15, 0.2) is 30.0 Å². The van der Waals surface area contributed by atoms with Gasteiger partial charge in [-0.15, -0.1) is 0 Å². The minimum Gasteiger partial charge on any atom is -0.548 e. The maximum Gasteiger partial charge on any atom is 0.268 e. The van der Waals surface area contributed by atoms with Crippen molar-refractivity contribution >= 4 is 23.9 Å². The first-order valence-electron chi connectivity index (χ1n) is 6.97. The highest BCUT2D eigenvalue weighted by atomic mass is 19.1. The second-order valence-corrected chi connectivity index (χ2v) is 5.30. The Morgan fingerprint density at radius 3 is 2.17 bits per heavy atom. The van der Waals surface area contributed by atoms with Crippen molar-refractivity contribution in [1.29, 1.82) is 0 Å². The monoisotopic (exact) mass is 321 g/mol. The van der Waals surface area contributed by atoms with E-state index >= 15 is 0 Å². The molecule has 1 rings (SSSR count). The molecule has 124 valence electrons. The summed E-state index contributed by atoms with van der Waals surface area (Å²) in [5.74, 6) is -3.52. The second-order valence-electron chi connectivity index (χ2n) is 5.30. The van der Waals surface area contributed by atoms with E-state index in [4.69, 9.17) is 0 Å². The summed E-state index contributed by atoms with van der Waals surface area (Å²) < 4.78 is 12.9. The molecule has 23 heavy (non-hydrogen) atoms. The van der Waals surface area contributed by atoms with Gasteiger partial charge in [0.25, 0.3) is 5.91 Å². The van der Waals surface area contributed by atoms with Crippen molar-refractivity contribution in [2.24, 2.45) is 5.92 Å². The predicted octanol–water partition coefficient (Wildman–Crippen LogP) is 0.193. The molecule has 1 aromatic rings. The van der Waals surface area contributed by atoms with Crippen LogP contribution in [-0.4, -0.2) is 23.8 Å². The lowest BCUT2D eigenvalue weighted by atomic mass is 10.0. The molecule has 0 unspecified atom stereocenters. The molecule has 0 heterocycles. The van der Waals surface area contributed by atoms with Gasteiger partial charge in [-0.1, -0.05) is 26.0 Å². The molecule has 6 nitrogen and oxygen atoms in total. The molecule has 2 N–H and O–H groups in total. The number of rotatable bonds is 6. The van der Waals surface area contributed by atoms with Gasteiger partial charge in [0.05, 0.1) is 12.0 Å². The molecule has 0 fully saturated rings. The fraction of sp³-hybridized carbons (Fsp3) is 0.312. The molecule has 0 saturated heterocycles. The molecule has 1 aromatic carbocycles. The number of carboxylic acids is 1. The van der Waals surface area contributed by atoms with Crippen LogP contribution in [0.25, 0.3) is 6.08 Å². The molecule has 0 bridgehead atoms. The van der Waals surface area contributed by atoms with E-state index in [1.54, 1.807) is 13.8 Å². The fourth-order valence-corrected chi connectivity index (χ4v) is 1.79. The Bertz CT molecular complexity index is 623. The van der Waals surface area contributed by atoms with Gasteiger partial charge in [-0.2, -0.15) is 0 Å². The van der Waals surface area contributed by atoms with Crippen LogP contribution in [0, 0.1) is 11.7 Å². The van der Waals surface area contributed by atoms with Crippen LogP contribution in [-0.2, 0) is 14.4 Å². The van der Waals surface area contributed by atoms with Gasteiger partial charge in [0, 0.05) is 6.92 Å². The number of nitrogens with one attached hydrogen (secondary N) is 2. The van der Waals surface area contributed by atoms with Crippen molar-refractivity contribution in [3.63, 3.8) is 0 Å². The Kier molecular flexibility index (Phi) is 6.44. The summed E-state index contributed by atoms with van der Waals surface area (Å²) in [6.45, 7) is 4.44. The molecule has 2 amide bonds. The van der Waals surface area contributed by atoms with Crippen LogP contribution in [0.4, 0.5) is 4.39 Å². The van der Waals surface area contributed by atoms with E-state index in [1.165, 1.54) is 37.3 Å². The summed E-state index contributed by atoms with van der Waals surface area (Å²) in [5, 5.41) is 15.7. The lowest BCUT2D eigenvalue weighted by Crippen LogP contribution is -2.52. The van der Waals surface area contributed by atoms with Crippen molar-refractivity contribution in [2.75, 3.05) is 0 Å². The third kappa shape index (κ3) is 5.90. The number of carbonyl (C=O) groups is 3. The average Bonchev–Trinajstić information content (AvgIpc) is 2.44. The number of hydrogen-bond acceptors (Lipinski definition) is 4. The summed E-state index contributed by atoms with van der Waals surface area (Å²) in [4.78, 5) is 34.5. The number of benzene rings is 1. The molecular formula is C16H18FN2O4-. The third-order valence-electron chi connectivity index (χ3n) is 2.94. The highest BCUT2D eigenvalue weighted by molar-refractivity contribution is 6.02. The minimum atomic E-state index is -1.42. The number of carboxylic acid groups (broad SMARTS) is 1. The Labute approximate surface area is 133 Å². The number of halogens is 1. The molecule has 0 saturated carbocycles. The van der Waals surface area contributed by atoms with E-state index in [9.17, 15) is 23.9 Å². The fourth-order valence-electron chi connectivity index (χ4n) is 1.79.